The van der Waals surface area contributed by atoms with Gasteiger partial charge in [-0.05, 0) is 36.3 Å². The van der Waals surface area contributed by atoms with E-state index in [1.165, 1.54) is 6.07 Å². The SMILES string of the molecule is Cc1ccc(/C=C(/C#N)c2cccc(Cl)c2)cc1[N+](=O)[O-]. The van der Waals surface area contributed by atoms with E-state index in [0.717, 1.165) is 0 Å². The summed E-state index contributed by atoms with van der Waals surface area (Å²) in [7, 11) is 0. The molecule has 2 aromatic rings. The molecule has 0 fully saturated rings. The fourth-order valence-corrected chi connectivity index (χ4v) is 2.11. The highest BCUT2D eigenvalue weighted by molar-refractivity contribution is 6.30. The van der Waals surface area contributed by atoms with Gasteiger partial charge in [0.05, 0.1) is 16.6 Å². The Labute approximate surface area is 127 Å². The molecule has 0 aliphatic heterocycles. The van der Waals surface area contributed by atoms with E-state index < -0.39 is 4.92 Å². The maximum atomic E-state index is 10.9. The molecule has 0 N–H and O–H groups in total. The smallest absolute Gasteiger partial charge is 0.258 e. The Morgan fingerprint density at radius 1 is 1.33 bits per heavy atom. The average Bonchev–Trinajstić information content (AvgIpc) is 2.46. The van der Waals surface area contributed by atoms with Crippen molar-refractivity contribution in [1.29, 1.82) is 5.26 Å². The van der Waals surface area contributed by atoms with Crippen molar-refractivity contribution in [2.75, 3.05) is 0 Å². The van der Waals surface area contributed by atoms with Gasteiger partial charge < -0.3 is 0 Å². The normalized spacial score (nSPS) is 11.0. The van der Waals surface area contributed by atoms with Crippen LogP contribution in [0.2, 0.25) is 5.02 Å². The second kappa shape index (κ2) is 6.21. The number of hydrogen-bond donors (Lipinski definition) is 0. The van der Waals surface area contributed by atoms with E-state index in [0.29, 0.717) is 27.3 Å². The van der Waals surface area contributed by atoms with Crippen LogP contribution in [0.4, 0.5) is 5.69 Å². The molecule has 0 heterocycles. The standard InChI is InChI=1S/C16H11ClN2O2/c1-11-5-6-12(8-16(11)19(20)21)7-14(10-18)13-3-2-4-15(17)9-13/h2-9H,1H3/b14-7-. The highest BCUT2D eigenvalue weighted by Gasteiger charge is 2.11. The number of rotatable bonds is 3. The molecule has 0 aliphatic carbocycles. The van der Waals surface area contributed by atoms with Crippen molar-refractivity contribution < 1.29 is 4.92 Å². The van der Waals surface area contributed by atoms with Gasteiger partial charge in [0.2, 0.25) is 0 Å². The van der Waals surface area contributed by atoms with Crippen LogP contribution in [0, 0.1) is 28.4 Å². The highest BCUT2D eigenvalue weighted by Crippen LogP contribution is 2.24. The topological polar surface area (TPSA) is 66.9 Å². The van der Waals surface area contributed by atoms with Crippen LogP contribution in [-0.4, -0.2) is 4.92 Å². The molecule has 0 saturated carbocycles. The Kier molecular flexibility index (Phi) is 4.36. The zero-order valence-electron chi connectivity index (χ0n) is 11.2. The van der Waals surface area contributed by atoms with Gasteiger partial charge in [-0.15, -0.1) is 0 Å². The Hall–Kier alpha value is -2.64. The molecule has 0 aromatic heterocycles. The summed E-state index contributed by atoms with van der Waals surface area (Å²) in [4.78, 5) is 10.5. The minimum atomic E-state index is -0.432. The first-order chi connectivity index (χ1) is 10.0. The van der Waals surface area contributed by atoms with Crippen LogP contribution in [0.1, 0.15) is 16.7 Å². The van der Waals surface area contributed by atoms with Gasteiger partial charge in [-0.2, -0.15) is 5.26 Å². The lowest BCUT2D eigenvalue weighted by atomic mass is 10.0. The van der Waals surface area contributed by atoms with Crippen LogP contribution in [0.15, 0.2) is 42.5 Å². The second-order valence-electron chi connectivity index (χ2n) is 4.48. The lowest BCUT2D eigenvalue weighted by molar-refractivity contribution is -0.385. The summed E-state index contributed by atoms with van der Waals surface area (Å²) in [6, 6.07) is 13.9. The van der Waals surface area contributed by atoms with E-state index >= 15 is 0 Å². The van der Waals surface area contributed by atoms with Crippen molar-refractivity contribution in [3.8, 4) is 6.07 Å². The number of nitrogens with zero attached hydrogens (tertiary/aromatic N) is 2. The molecule has 5 heteroatoms. The zero-order valence-corrected chi connectivity index (χ0v) is 12.0. The minimum absolute atomic E-state index is 0.0344. The predicted octanol–water partition coefficient (Wildman–Crippen LogP) is 4.62. The summed E-state index contributed by atoms with van der Waals surface area (Å²) in [5.74, 6) is 0. The largest absolute Gasteiger partial charge is 0.272 e. The third-order valence-electron chi connectivity index (χ3n) is 3.00. The maximum absolute atomic E-state index is 10.9. The number of allylic oxidation sites excluding steroid dienone is 1. The fourth-order valence-electron chi connectivity index (χ4n) is 1.92. The molecule has 0 amide bonds. The van der Waals surface area contributed by atoms with Gasteiger partial charge in [-0.1, -0.05) is 35.9 Å². The van der Waals surface area contributed by atoms with Crippen molar-refractivity contribution in [2.24, 2.45) is 0 Å². The number of nitriles is 1. The quantitative estimate of drug-likeness (QED) is 0.359. The molecule has 0 atom stereocenters. The molecule has 21 heavy (non-hydrogen) atoms. The Bertz CT molecular complexity index is 776. The van der Waals surface area contributed by atoms with Gasteiger partial charge in [0, 0.05) is 16.7 Å². The summed E-state index contributed by atoms with van der Waals surface area (Å²) in [5, 5.41) is 20.7. The molecule has 0 spiro atoms. The molecule has 0 aliphatic rings. The van der Waals surface area contributed by atoms with Crippen LogP contribution < -0.4 is 0 Å². The molecular weight excluding hydrogens is 288 g/mol. The Morgan fingerprint density at radius 3 is 2.71 bits per heavy atom. The zero-order chi connectivity index (χ0) is 15.4. The molecule has 104 valence electrons. The monoisotopic (exact) mass is 298 g/mol. The van der Waals surface area contributed by atoms with Crippen molar-refractivity contribution in [3.05, 3.63) is 74.3 Å². The Morgan fingerprint density at radius 2 is 2.10 bits per heavy atom. The van der Waals surface area contributed by atoms with Crippen molar-refractivity contribution in [3.63, 3.8) is 0 Å². The lowest BCUT2D eigenvalue weighted by Crippen LogP contribution is -1.92. The summed E-state index contributed by atoms with van der Waals surface area (Å²) in [6.07, 6.45) is 1.61. The molecular formula is C16H11ClN2O2. The first kappa shape index (κ1) is 14.8. The molecule has 2 aromatic carbocycles. The summed E-state index contributed by atoms with van der Waals surface area (Å²) in [6.45, 7) is 1.67. The average molecular weight is 299 g/mol. The summed E-state index contributed by atoms with van der Waals surface area (Å²) < 4.78 is 0. The summed E-state index contributed by atoms with van der Waals surface area (Å²) in [5.41, 5.74) is 2.29. The predicted molar refractivity (Wildman–Crippen MR) is 82.8 cm³/mol. The van der Waals surface area contributed by atoms with Crippen LogP contribution in [0.3, 0.4) is 0 Å². The first-order valence-corrected chi connectivity index (χ1v) is 6.52. The molecule has 0 saturated heterocycles. The van der Waals surface area contributed by atoms with Crippen molar-refractivity contribution in [1.82, 2.24) is 0 Å². The fraction of sp³-hybridized carbons (Fsp3) is 0.0625. The number of nitro groups is 1. The summed E-state index contributed by atoms with van der Waals surface area (Å²) >= 11 is 5.91. The third-order valence-corrected chi connectivity index (χ3v) is 3.23. The van der Waals surface area contributed by atoms with Crippen molar-refractivity contribution in [2.45, 2.75) is 6.92 Å². The number of halogens is 1. The molecule has 4 nitrogen and oxygen atoms in total. The minimum Gasteiger partial charge on any atom is -0.258 e. The molecule has 0 bridgehead atoms. The maximum Gasteiger partial charge on any atom is 0.272 e. The number of hydrogen-bond acceptors (Lipinski definition) is 3. The molecule has 0 radical (unpaired) electrons. The number of aryl methyl sites for hydroxylation is 1. The lowest BCUT2D eigenvalue weighted by Gasteiger charge is -2.02. The number of benzene rings is 2. The van der Waals surface area contributed by atoms with Crippen LogP contribution in [0.5, 0.6) is 0 Å². The van der Waals surface area contributed by atoms with Crippen LogP contribution in [-0.2, 0) is 0 Å². The highest BCUT2D eigenvalue weighted by atomic mass is 35.5. The van der Waals surface area contributed by atoms with Gasteiger partial charge in [0.25, 0.3) is 5.69 Å². The number of nitro benzene ring substituents is 1. The molecule has 2 rings (SSSR count). The van der Waals surface area contributed by atoms with Crippen LogP contribution >= 0.6 is 11.6 Å². The van der Waals surface area contributed by atoms with E-state index in [1.807, 2.05) is 0 Å². The van der Waals surface area contributed by atoms with E-state index in [4.69, 9.17) is 11.6 Å². The van der Waals surface area contributed by atoms with Crippen LogP contribution in [0.25, 0.3) is 11.6 Å². The van der Waals surface area contributed by atoms with Crippen molar-refractivity contribution >= 4 is 28.9 Å². The van der Waals surface area contributed by atoms with Gasteiger partial charge in [-0.3, -0.25) is 10.1 Å². The second-order valence-corrected chi connectivity index (χ2v) is 4.92. The van der Waals surface area contributed by atoms with Gasteiger partial charge >= 0.3 is 0 Å². The van der Waals surface area contributed by atoms with Gasteiger partial charge in [-0.25, -0.2) is 0 Å². The Balaban J connectivity index is 2.48. The van der Waals surface area contributed by atoms with Gasteiger partial charge in [0.15, 0.2) is 0 Å². The van der Waals surface area contributed by atoms with E-state index in [9.17, 15) is 15.4 Å². The van der Waals surface area contributed by atoms with E-state index in [-0.39, 0.29) is 5.69 Å². The van der Waals surface area contributed by atoms with E-state index in [1.54, 1.807) is 49.4 Å². The van der Waals surface area contributed by atoms with Gasteiger partial charge in [0.1, 0.15) is 0 Å². The van der Waals surface area contributed by atoms with E-state index in [2.05, 4.69) is 6.07 Å². The first-order valence-electron chi connectivity index (χ1n) is 6.14. The third kappa shape index (κ3) is 3.47. The molecule has 0 unspecified atom stereocenters.